The van der Waals surface area contributed by atoms with Crippen LogP contribution in [0.15, 0.2) is 24.3 Å². The molecule has 0 unspecified atom stereocenters. The van der Waals surface area contributed by atoms with Gasteiger partial charge in [-0.1, -0.05) is 117 Å². The van der Waals surface area contributed by atoms with Gasteiger partial charge in [0.05, 0.1) is 31.0 Å². The molecule has 0 radical (unpaired) electrons. The molecule has 2 aromatic rings. The second-order valence-electron chi connectivity index (χ2n) is 14.6. The zero-order valence-electron chi connectivity index (χ0n) is 31.3. The van der Waals surface area contributed by atoms with Gasteiger partial charge in [0.25, 0.3) is 0 Å². The van der Waals surface area contributed by atoms with Gasteiger partial charge >= 0.3 is 7.12 Å². The molecule has 0 atom stereocenters. The molecule has 1 aliphatic heterocycles. The van der Waals surface area contributed by atoms with E-state index in [9.17, 15) is 0 Å². The first-order valence-corrected chi connectivity index (χ1v) is 19.3. The highest BCUT2D eigenvalue weighted by Gasteiger charge is 2.52. The van der Waals surface area contributed by atoms with Gasteiger partial charge in [0.15, 0.2) is 11.5 Å². The molecule has 0 aliphatic carbocycles. The van der Waals surface area contributed by atoms with E-state index in [1.807, 2.05) is 0 Å². The molecule has 1 aromatic carbocycles. The normalized spacial score (nSPS) is 15.3. The topological polar surface area (TPSA) is 61.9 Å². The molecule has 47 heavy (non-hydrogen) atoms. The van der Waals surface area contributed by atoms with E-state index in [0.29, 0.717) is 19.8 Å². The molecule has 0 amide bonds. The van der Waals surface area contributed by atoms with E-state index in [1.165, 1.54) is 96.3 Å². The van der Waals surface area contributed by atoms with Crippen molar-refractivity contribution >= 4 is 12.7 Å². The number of aromatic nitrogens is 1. The molecule has 3 rings (SSSR count). The molecule has 2 heterocycles. The van der Waals surface area contributed by atoms with Crippen molar-refractivity contribution in [2.45, 2.75) is 175 Å². The Morgan fingerprint density at radius 1 is 0.553 bits per heavy atom. The van der Waals surface area contributed by atoms with E-state index >= 15 is 0 Å². The van der Waals surface area contributed by atoms with Crippen LogP contribution in [0.1, 0.15) is 164 Å². The fraction of sp³-hybridized carbons (Fsp3) is 0.750. The second kappa shape index (κ2) is 21.1. The minimum Gasteiger partial charge on any atom is -0.490 e. The summed E-state index contributed by atoms with van der Waals surface area (Å²) in [6.45, 7) is 17.1. The van der Waals surface area contributed by atoms with Crippen LogP contribution in [-0.2, 0) is 9.31 Å². The average molecular weight is 654 g/mol. The summed E-state index contributed by atoms with van der Waals surface area (Å²) in [5.41, 5.74) is 2.10. The van der Waals surface area contributed by atoms with Crippen LogP contribution < -0.4 is 19.8 Å². The lowest BCUT2D eigenvalue weighted by molar-refractivity contribution is 0.00578. The van der Waals surface area contributed by atoms with Gasteiger partial charge in [0.2, 0.25) is 5.75 Å². The van der Waals surface area contributed by atoms with Crippen LogP contribution in [0.5, 0.6) is 17.2 Å². The molecule has 0 bridgehead atoms. The van der Waals surface area contributed by atoms with Crippen molar-refractivity contribution in [3.63, 3.8) is 0 Å². The Morgan fingerprint density at radius 2 is 0.957 bits per heavy atom. The first-order chi connectivity index (χ1) is 22.7. The van der Waals surface area contributed by atoms with Gasteiger partial charge < -0.3 is 28.5 Å². The number of H-pyrrole nitrogens is 1. The first kappa shape index (κ1) is 39.3. The monoisotopic (exact) mass is 654 g/mol. The van der Waals surface area contributed by atoms with Crippen molar-refractivity contribution in [2.75, 3.05) is 19.8 Å². The van der Waals surface area contributed by atoms with Crippen LogP contribution >= 0.6 is 0 Å². The summed E-state index contributed by atoms with van der Waals surface area (Å²) in [6.07, 6.45) is 22.1. The fourth-order valence-electron chi connectivity index (χ4n) is 5.96. The van der Waals surface area contributed by atoms with E-state index in [1.54, 1.807) is 0 Å². The average Bonchev–Trinajstić information content (AvgIpc) is 3.62. The van der Waals surface area contributed by atoms with Crippen molar-refractivity contribution < 1.29 is 23.5 Å². The van der Waals surface area contributed by atoms with Gasteiger partial charge in [-0.15, -0.1) is 0 Å². The zero-order valence-corrected chi connectivity index (χ0v) is 31.3. The summed E-state index contributed by atoms with van der Waals surface area (Å²) < 4.78 is 32.2. The molecule has 0 spiro atoms. The Bertz CT molecular complexity index is 1070. The van der Waals surface area contributed by atoms with Crippen molar-refractivity contribution in [1.82, 2.24) is 4.98 Å². The fourth-order valence-corrected chi connectivity index (χ4v) is 5.96. The van der Waals surface area contributed by atoms with Crippen molar-refractivity contribution in [3.05, 3.63) is 24.3 Å². The number of benzene rings is 1. The quantitative estimate of drug-likeness (QED) is 0.0809. The van der Waals surface area contributed by atoms with Crippen LogP contribution in [0.3, 0.4) is 0 Å². The number of nitrogens with one attached hydrogen (secondary N) is 1. The predicted octanol–water partition coefficient (Wildman–Crippen LogP) is 11.2. The highest BCUT2D eigenvalue weighted by molar-refractivity contribution is 6.61. The predicted molar refractivity (Wildman–Crippen MR) is 199 cm³/mol. The maximum absolute atomic E-state index is 6.52. The van der Waals surface area contributed by atoms with Gasteiger partial charge in [-0.05, 0) is 71.2 Å². The summed E-state index contributed by atoms with van der Waals surface area (Å²) in [5.74, 6) is 2.29. The molecular formula is C40H68BNO5. The van der Waals surface area contributed by atoms with Gasteiger partial charge in [-0.3, -0.25) is 0 Å². The van der Waals surface area contributed by atoms with Crippen LogP contribution in [0, 0.1) is 0 Å². The van der Waals surface area contributed by atoms with Crippen LogP contribution in [-0.4, -0.2) is 43.1 Å². The molecule has 7 heteroatoms. The molecule has 1 aromatic heterocycles. The Kier molecular flexibility index (Phi) is 17.6. The van der Waals surface area contributed by atoms with Crippen molar-refractivity contribution in [1.29, 1.82) is 0 Å². The van der Waals surface area contributed by atoms with E-state index < -0.39 is 18.3 Å². The van der Waals surface area contributed by atoms with Crippen LogP contribution in [0.4, 0.5) is 0 Å². The van der Waals surface area contributed by atoms with Gasteiger partial charge in [0, 0.05) is 16.9 Å². The van der Waals surface area contributed by atoms with E-state index in [4.69, 9.17) is 23.5 Å². The Labute approximate surface area is 288 Å². The minimum atomic E-state index is -0.444. The minimum absolute atomic E-state index is 0.396. The Hall–Kier alpha value is -2.12. The van der Waals surface area contributed by atoms with Gasteiger partial charge in [0.1, 0.15) is 0 Å². The lowest BCUT2D eigenvalue weighted by Crippen LogP contribution is -2.41. The maximum atomic E-state index is 6.52. The SMILES string of the molecule is CCCCCCCCOc1cc(-c2ccc(B3OC(C)(C)C(C)(C)O3)[nH]2)cc(OCCCCCCCC)c1OCCCCCCCC. The molecule has 1 aliphatic rings. The Morgan fingerprint density at radius 3 is 1.40 bits per heavy atom. The highest BCUT2D eigenvalue weighted by atomic mass is 16.7. The number of hydrogen-bond donors (Lipinski definition) is 1. The van der Waals surface area contributed by atoms with Crippen molar-refractivity contribution in [2.24, 2.45) is 0 Å². The van der Waals surface area contributed by atoms with Crippen LogP contribution in [0.25, 0.3) is 11.3 Å². The molecule has 1 N–H and O–H groups in total. The Balaban J connectivity index is 1.81. The van der Waals surface area contributed by atoms with Gasteiger partial charge in [-0.25, -0.2) is 0 Å². The van der Waals surface area contributed by atoms with E-state index in [-0.39, 0.29) is 0 Å². The summed E-state index contributed by atoms with van der Waals surface area (Å²) in [5, 5.41) is 0. The maximum Gasteiger partial charge on any atom is 0.512 e. The molecule has 1 saturated heterocycles. The number of ether oxygens (including phenoxy) is 3. The molecular weight excluding hydrogens is 585 g/mol. The number of aromatic amines is 1. The van der Waals surface area contributed by atoms with E-state index in [0.717, 1.165) is 53.4 Å². The second-order valence-corrected chi connectivity index (χ2v) is 14.6. The number of unbranched alkanes of at least 4 members (excludes halogenated alkanes) is 15. The summed E-state index contributed by atoms with van der Waals surface area (Å²) in [4.78, 5) is 3.59. The van der Waals surface area contributed by atoms with E-state index in [2.05, 4.69) is 77.7 Å². The smallest absolute Gasteiger partial charge is 0.490 e. The standard InChI is InChI=1S/C40H68BNO5/c1-8-11-14-17-20-23-28-43-35-31-33(34-26-27-37(42-34)41-46-39(4,5)40(6,7)47-41)32-36(44-29-24-21-18-15-12-9-2)38(35)45-30-25-22-19-16-13-10-3/h26-27,31-32,42H,8-25,28-30H2,1-7H3. The molecule has 0 saturated carbocycles. The third kappa shape index (κ3) is 13.0. The lowest BCUT2D eigenvalue weighted by atomic mass is 9.85. The zero-order chi connectivity index (χ0) is 34.0. The largest absolute Gasteiger partial charge is 0.512 e. The lowest BCUT2D eigenvalue weighted by Gasteiger charge is -2.32. The van der Waals surface area contributed by atoms with Crippen molar-refractivity contribution in [3.8, 4) is 28.5 Å². The first-order valence-electron chi connectivity index (χ1n) is 19.3. The summed E-state index contributed by atoms with van der Waals surface area (Å²) >= 11 is 0. The third-order valence-electron chi connectivity index (χ3n) is 9.80. The molecule has 1 fully saturated rings. The molecule has 6 nitrogen and oxygen atoms in total. The summed E-state index contributed by atoms with van der Waals surface area (Å²) in [7, 11) is -0.444. The summed E-state index contributed by atoms with van der Waals surface area (Å²) in [6, 6.07) is 8.39. The van der Waals surface area contributed by atoms with Crippen LogP contribution in [0.2, 0.25) is 0 Å². The van der Waals surface area contributed by atoms with Gasteiger partial charge in [-0.2, -0.15) is 0 Å². The number of rotatable bonds is 26. The molecule has 266 valence electrons. The third-order valence-corrected chi connectivity index (χ3v) is 9.80. The number of hydrogen-bond acceptors (Lipinski definition) is 5. The highest BCUT2D eigenvalue weighted by Crippen LogP contribution is 2.42.